The highest BCUT2D eigenvalue weighted by atomic mass is 32.2. The minimum atomic E-state index is -1.12. The average Bonchev–Trinajstić information content (AvgIpc) is 3.66. The Morgan fingerprint density at radius 3 is 1.54 bits per heavy atom. The average molecular weight is 949 g/mol. The number of unbranched alkanes of at least 4 members (excludes halogenated alkanes) is 2. The molecule has 7 N–H and O–H groups in total. The molecule has 1 aliphatic carbocycles. The smallest absolute Gasteiger partial charge is 0.407 e. The van der Waals surface area contributed by atoms with Gasteiger partial charge >= 0.3 is 18.0 Å². The number of carboxylic acids is 2. The molecule has 0 aliphatic heterocycles. The van der Waals surface area contributed by atoms with Crippen molar-refractivity contribution in [2.24, 2.45) is 5.73 Å². The number of fused-ring (bicyclic) bond motifs is 3. The van der Waals surface area contributed by atoms with E-state index in [9.17, 15) is 29.1 Å². The molecular formula is C53H64N4O8S2. The van der Waals surface area contributed by atoms with Crippen LogP contribution in [0.5, 0.6) is 0 Å². The molecule has 0 heterocycles. The largest absolute Gasteiger partial charge is 0.480 e. The van der Waals surface area contributed by atoms with Crippen LogP contribution in [-0.2, 0) is 28.7 Å². The molecule has 1 unspecified atom stereocenters. The van der Waals surface area contributed by atoms with Crippen LogP contribution in [0.25, 0.3) is 11.1 Å². The van der Waals surface area contributed by atoms with Crippen molar-refractivity contribution in [3.05, 3.63) is 167 Å². The Labute approximate surface area is 404 Å². The van der Waals surface area contributed by atoms with Crippen LogP contribution in [0.4, 0.5) is 4.79 Å². The Balaban J connectivity index is 0.000000528. The Morgan fingerprint density at radius 1 is 0.627 bits per heavy atom. The van der Waals surface area contributed by atoms with Gasteiger partial charge in [-0.05, 0) is 83.2 Å². The van der Waals surface area contributed by atoms with Crippen molar-refractivity contribution < 1.29 is 38.9 Å². The summed E-state index contributed by atoms with van der Waals surface area (Å²) >= 11 is 5.67. The van der Waals surface area contributed by atoms with Gasteiger partial charge in [0.05, 0.1) is 4.75 Å². The van der Waals surface area contributed by atoms with Crippen molar-refractivity contribution in [3.63, 3.8) is 0 Å². The third-order valence-corrected chi connectivity index (χ3v) is 13.1. The van der Waals surface area contributed by atoms with Gasteiger partial charge in [-0.1, -0.05) is 147 Å². The molecular weight excluding hydrogens is 885 g/mol. The standard InChI is InChI=1S/C43H42N2O5S.C9H18N2O3S.CH4/c46-40(27-29-51-43(31-16-4-1-5-17-31,32-18-6-2-7-19-32)33-20-8-3-9-21-33)44-28-15-14-26-39(41(47)48)45-42(49)50-30-38-36-24-12-10-22-34(36)35-23-11-13-25-37(35)38;10-7(9(13)14)3-1-2-5-11-8(12)4-6-15;/h1-13,16-25,38-39H,14-15,26-30H2,(H,44,46)(H,45,49)(H,47,48);7,15H,1-6,10H2,(H,11,12)(H,13,14);1H4/t39-;;/m0../s1. The number of rotatable bonds is 24. The summed E-state index contributed by atoms with van der Waals surface area (Å²) in [7, 11) is 0. The molecule has 0 fully saturated rings. The summed E-state index contributed by atoms with van der Waals surface area (Å²) in [6.07, 6.45) is 3.20. The molecule has 1 aliphatic rings. The van der Waals surface area contributed by atoms with Crippen LogP contribution in [0.15, 0.2) is 140 Å². The van der Waals surface area contributed by atoms with Crippen LogP contribution in [0.1, 0.15) is 92.5 Å². The van der Waals surface area contributed by atoms with E-state index in [2.05, 4.69) is 77.1 Å². The van der Waals surface area contributed by atoms with E-state index in [4.69, 9.17) is 15.6 Å². The fraction of sp³-hybridized carbons (Fsp3) is 0.340. The molecule has 67 heavy (non-hydrogen) atoms. The number of thiol groups is 1. The van der Waals surface area contributed by atoms with E-state index in [0.717, 1.165) is 45.4 Å². The molecule has 3 amide bonds. The first kappa shape index (κ1) is 53.5. The number of thioether (sulfide) groups is 1. The maximum Gasteiger partial charge on any atom is 0.407 e. The van der Waals surface area contributed by atoms with Crippen LogP contribution < -0.4 is 21.7 Å². The van der Waals surface area contributed by atoms with Crippen molar-refractivity contribution in [2.45, 2.75) is 81.5 Å². The molecule has 12 nitrogen and oxygen atoms in total. The van der Waals surface area contributed by atoms with Crippen molar-refractivity contribution in [1.82, 2.24) is 16.0 Å². The number of nitrogens with one attached hydrogen (secondary N) is 3. The highest BCUT2D eigenvalue weighted by molar-refractivity contribution is 8.00. The number of benzene rings is 5. The Kier molecular flexibility index (Phi) is 22.5. The Bertz CT molecular complexity index is 2180. The van der Waals surface area contributed by atoms with E-state index < -0.39 is 34.9 Å². The first-order valence-corrected chi connectivity index (χ1v) is 23.9. The zero-order valence-electron chi connectivity index (χ0n) is 37.0. The van der Waals surface area contributed by atoms with Gasteiger partial charge in [0, 0.05) is 37.6 Å². The number of amides is 3. The van der Waals surface area contributed by atoms with Gasteiger partial charge in [-0.25, -0.2) is 9.59 Å². The van der Waals surface area contributed by atoms with E-state index in [-0.39, 0.29) is 38.2 Å². The first-order chi connectivity index (χ1) is 32.0. The summed E-state index contributed by atoms with van der Waals surface area (Å²) < 4.78 is 5.06. The zero-order chi connectivity index (χ0) is 47.2. The quantitative estimate of drug-likeness (QED) is 0.0178. The van der Waals surface area contributed by atoms with E-state index in [0.29, 0.717) is 63.1 Å². The number of carbonyl (C=O) groups is 5. The van der Waals surface area contributed by atoms with Crippen LogP contribution in [0, 0.1) is 0 Å². The van der Waals surface area contributed by atoms with Crippen LogP contribution in [0.3, 0.4) is 0 Å². The lowest BCUT2D eigenvalue weighted by atomic mass is 9.84. The van der Waals surface area contributed by atoms with Crippen molar-refractivity contribution in [3.8, 4) is 11.1 Å². The predicted molar refractivity (Wildman–Crippen MR) is 270 cm³/mol. The summed E-state index contributed by atoms with van der Waals surface area (Å²) in [5.74, 6) is -1.16. The van der Waals surface area contributed by atoms with E-state index in [1.165, 1.54) is 0 Å². The lowest BCUT2D eigenvalue weighted by Gasteiger charge is -2.35. The normalized spacial score (nSPS) is 12.4. The second-order valence-corrected chi connectivity index (χ2v) is 17.6. The molecule has 6 rings (SSSR count). The number of alkyl carbamates (subject to hydrolysis) is 1. The van der Waals surface area contributed by atoms with Gasteiger partial charge in [-0.3, -0.25) is 14.4 Å². The Hall–Kier alpha value is -6.09. The van der Waals surface area contributed by atoms with Gasteiger partial charge in [-0.2, -0.15) is 12.6 Å². The van der Waals surface area contributed by atoms with Crippen LogP contribution in [-0.4, -0.2) is 83.3 Å². The predicted octanol–water partition coefficient (Wildman–Crippen LogP) is 9.02. The number of hydrogen-bond donors (Lipinski definition) is 7. The minimum absolute atomic E-state index is 0. The third-order valence-electron chi connectivity index (χ3n) is 11.3. The highest BCUT2D eigenvalue weighted by Crippen LogP contribution is 2.49. The lowest BCUT2D eigenvalue weighted by Crippen LogP contribution is -2.41. The number of ether oxygens (including phenoxy) is 1. The highest BCUT2D eigenvalue weighted by Gasteiger charge is 2.37. The van der Waals surface area contributed by atoms with Gasteiger partial charge in [0.2, 0.25) is 11.8 Å². The SMILES string of the molecule is C.NC(CCCCNC(=O)CCS)C(=O)O.O=C(CCSC(c1ccccc1)(c1ccccc1)c1ccccc1)NCCCC[C@H](NC(=O)OCC1c2ccccc2-c2ccccc21)C(=O)O. The minimum Gasteiger partial charge on any atom is -0.480 e. The summed E-state index contributed by atoms with van der Waals surface area (Å²) in [5, 5.41) is 26.5. The van der Waals surface area contributed by atoms with Gasteiger partial charge in [0.15, 0.2) is 0 Å². The molecule has 0 aromatic heterocycles. The number of aliphatic carboxylic acids is 2. The Morgan fingerprint density at radius 2 is 1.07 bits per heavy atom. The van der Waals surface area contributed by atoms with E-state index in [1.54, 1.807) is 11.8 Å². The molecule has 5 aromatic carbocycles. The molecule has 0 bridgehead atoms. The molecule has 5 aromatic rings. The summed E-state index contributed by atoms with van der Waals surface area (Å²) in [6.45, 7) is 1.10. The van der Waals surface area contributed by atoms with Gasteiger partial charge < -0.3 is 36.6 Å². The number of carboxylic acid groups (broad SMARTS) is 2. The fourth-order valence-electron chi connectivity index (χ4n) is 7.93. The maximum atomic E-state index is 12.9. The van der Waals surface area contributed by atoms with Gasteiger partial charge in [0.25, 0.3) is 0 Å². The second kappa shape index (κ2) is 28.2. The van der Waals surface area contributed by atoms with Crippen molar-refractivity contribution >= 4 is 54.2 Å². The van der Waals surface area contributed by atoms with E-state index >= 15 is 0 Å². The lowest BCUT2D eigenvalue weighted by molar-refractivity contribution is -0.140. The number of carbonyl (C=O) groups excluding carboxylic acids is 3. The van der Waals surface area contributed by atoms with Gasteiger partial charge in [0.1, 0.15) is 18.7 Å². The summed E-state index contributed by atoms with van der Waals surface area (Å²) in [4.78, 5) is 58.9. The van der Waals surface area contributed by atoms with E-state index in [1.807, 2.05) is 91.0 Å². The number of hydrogen-bond acceptors (Lipinski definition) is 9. The van der Waals surface area contributed by atoms with Crippen molar-refractivity contribution in [1.29, 1.82) is 0 Å². The van der Waals surface area contributed by atoms with Crippen LogP contribution >= 0.6 is 24.4 Å². The topological polar surface area (TPSA) is 197 Å². The second-order valence-electron chi connectivity index (χ2n) is 15.8. The summed E-state index contributed by atoms with van der Waals surface area (Å²) in [5.41, 5.74) is 13.2. The van der Waals surface area contributed by atoms with Gasteiger partial charge in [-0.15, -0.1) is 11.8 Å². The molecule has 0 spiro atoms. The van der Waals surface area contributed by atoms with Crippen LogP contribution in [0.2, 0.25) is 0 Å². The molecule has 0 saturated heterocycles. The molecule has 0 radical (unpaired) electrons. The summed E-state index contributed by atoms with van der Waals surface area (Å²) in [6, 6.07) is 45.4. The molecule has 2 atom stereocenters. The first-order valence-electron chi connectivity index (χ1n) is 22.3. The van der Waals surface area contributed by atoms with Crippen molar-refractivity contribution in [2.75, 3.05) is 31.2 Å². The monoisotopic (exact) mass is 948 g/mol. The molecule has 0 saturated carbocycles. The fourth-order valence-corrected chi connectivity index (χ4v) is 9.63. The number of nitrogens with two attached hydrogens (primary N) is 1. The third kappa shape index (κ3) is 15.8. The molecule has 14 heteroatoms. The maximum absolute atomic E-state index is 12.9. The zero-order valence-corrected chi connectivity index (χ0v) is 38.7. The molecule has 356 valence electrons.